The van der Waals surface area contributed by atoms with Crippen LogP contribution in [0.3, 0.4) is 0 Å². The fourth-order valence-electron chi connectivity index (χ4n) is 2.02. The zero-order valence-electron chi connectivity index (χ0n) is 11.2. The lowest BCUT2D eigenvalue weighted by atomic mass is 10.00. The Morgan fingerprint density at radius 3 is 2.58 bits per heavy atom. The molecule has 0 saturated carbocycles. The summed E-state index contributed by atoms with van der Waals surface area (Å²) in [4.78, 5) is 27.9. The molecule has 2 rings (SSSR count). The van der Waals surface area contributed by atoms with Crippen LogP contribution in [0.2, 0.25) is 0 Å². The van der Waals surface area contributed by atoms with Gasteiger partial charge in [-0.15, -0.1) is 0 Å². The first-order valence-corrected chi connectivity index (χ1v) is 6.09. The van der Waals surface area contributed by atoms with Crippen molar-refractivity contribution in [3.8, 4) is 0 Å². The van der Waals surface area contributed by atoms with Crippen LogP contribution < -0.4 is 16.7 Å². The average Bonchev–Trinajstić information content (AvgIpc) is 2.66. The monoisotopic (exact) mass is 262 g/mol. The van der Waals surface area contributed by atoms with Gasteiger partial charge in [0.25, 0.3) is 0 Å². The molecule has 1 amide bonds. The normalized spacial score (nSPS) is 13.6. The second-order valence-electron chi connectivity index (χ2n) is 5.24. The van der Waals surface area contributed by atoms with E-state index < -0.39 is 11.4 Å². The van der Waals surface area contributed by atoms with E-state index in [0.717, 1.165) is 16.6 Å². The van der Waals surface area contributed by atoms with E-state index in [4.69, 9.17) is 5.73 Å². The zero-order chi connectivity index (χ0) is 14.2. The highest BCUT2D eigenvalue weighted by Gasteiger charge is 2.26. The first-order valence-electron chi connectivity index (χ1n) is 6.09. The van der Waals surface area contributed by atoms with Crippen LogP contribution in [0.15, 0.2) is 23.0 Å². The topological polar surface area (TPSA) is 104 Å². The highest BCUT2D eigenvalue weighted by molar-refractivity contribution is 5.83. The maximum atomic E-state index is 11.3. The molecule has 0 aliphatic heterocycles. The van der Waals surface area contributed by atoms with E-state index in [2.05, 4.69) is 15.3 Å². The molecule has 5 N–H and O–H groups in total. The number of carbonyl (C=O) groups is 1. The lowest BCUT2D eigenvalue weighted by Gasteiger charge is -2.27. The average molecular weight is 262 g/mol. The second-order valence-corrected chi connectivity index (χ2v) is 5.24. The van der Waals surface area contributed by atoms with Crippen LogP contribution in [0.5, 0.6) is 0 Å². The van der Waals surface area contributed by atoms with E-state index in [9.17, 15) is 9.59 Å². The van der Waals surface area contributed by atoms with Gasteiger partial charge in [-0.1, -0.05) is 6.07 Å². The molecule has 0 fully saturated rings. The van der Waals surface area contributed by atoms with Crippen LogP contribution in [0.4, 0.5) is 0 Å². The predicted octanol–water partition coefficient (Wildman–Crippen LogP) is 0.771. The van der Waals surface area contributed by atoms with Crippen molar-refractivity contribution in [2.45, 2.75) is 32.4 Å². The lowest BCUT2D eigenvalue weighted by molar-refractivity contribution is -0.123. The summed E-state index contributed by atoms with van der Waals surface area (Å²) in [5.41, 5.74) is 6.79. The first kappa shape index (κ1) is 13.4. The van der Waals surface area contributed by atoms with Gasteiger partial charge in [-0.25, -0.2) is 4.79 Å². The Labute approximate surface area is 110 Å². The van der Waals surface area contributed by atoms with Crippen LogP contribution in [0, 0.1) is 0 Å². The molecule has 0 spiro atoms. The van der Waals surface area contributed by atoms with Gasteiger partial charge in [0.05, 0.1) is 16.6 Å². The van der Waals surface area contributed by atoms with Crippen molar-refractivity contribution in [3.05, 3.63) is 34.2 Å². The van der Waals surface area contributed by atoms with Gasteiger partial charge in [0, 0.05) is 6.04 Å². The molecule has 0 saturated heterocycles. The van der Waals surface area contributed by atoms with Crippen molar-refractivity contribution >= 4 is 16.9 Å². The fourth-order valence-corrected chi connectivity index (χ4v) is 2.02. The van der Waals surface area contributed by atoms with Crippen LogP contribution >= 0.6 is 0 Å². The number of carbonyl (C=O) groups excluding carboxylic acids is 1. The molecule has 1 unspecified atom stereocenters. The smallest absolute Gasteiger partial charge is 0.323 e. The number of H-pyrrole nitrogens is 2. The van der Waals surface area contributed by atoms with Gasteiger partial charge in [0.2, 0.25) is 5.91 Å². The number of hydrogen-bond donors (Lipinski definition) is 4. The number of rotatable bonds is 4. The fraction of sp³-hybridized carbons (Fsp3) is 0.385. The molecule has 1 atom stereocenters. The number of nitrogens with one attached hydrogen (secondary N) is 3. The molecule has 6 heteroatoms. The molecular weight excluding hydrogens is 244 g/mol. The number of nitrogens with two attached hydrogens (primary N) is 1. The van der Waals surface area contributed by atoms with E-state index in [1.807, 2.05) is 25.1 Å². The minimum atomic E-state index is -0.792. The van der Waals surface area contributed by atoms with E-state index in [1.54, 1.807) is 13.8 Å². The van der Waals surface area contributed by atoms with E-state index in [1.165, 1.54) is 0 Å². The van der Waals surface area contributed by atoms with Gasteiger partial charge in [-0.2, -0.15) is 0 Å². The Kier molecular flexibility index (Phi) is 3.20. The number of amides is 1. The SMILES string of the molecule is CC(NC(C)(C)C(N)=O)c1ccc2[nH]c(=O)[nH]c2c1. The molecule has 6 nitrogen and oxygen atoms in total. The molecule has 0 radical (unpaired) electrons. The third-order valence-corrected chi connectivity index (χ3v) is 3.23. The number of aromatic amines is 2. The van der Waals surface area contributed by atoms with E-state index in [-0.39, 0.29) is 11.7 Å². The summed E-state index contributed by atoms with van der Waals surface area (Å²) in [7, 11) is 0. The summed E-state index contributed by atoms with van der Waals surface area (Å²) < 4.78 is 0. The summed E-state index contributed by atoms with van der Waals surface area (Å²) in [6.07, 6.45) is 0. The second kappa shape index (κ2) is 4.55. The summed E-state index contributed by atoms with van der Waals surface area (Å²) in [5, 5.41) is 3.17. The summed E-state index contributed by atoms with van der Waals surface area (Å²) in [6, 6.07) is 5.55. The highest BCUT2D eigenvalue weighted by atomic mass is 16.1. The van der Waals surface area contributed by atoms with Crippen molar-refractivity contribution in [3.63, 3.8) is 0 Å². The summed E-state index contributed by atoms with van der Waals surface area (Å²) >= 11 is 0. The quantitative estimate of drug-likeness (QED) is 0.654. The van der Waals surface area contributed by atoms with E-state index >= 15 is 0 Å². The van der Waals surface area contributed by atoms with Gasteiger partial charge >= 0.3 is 5.69 Å². The zero-order valence-corrected chi connectivity index (χ0v) is 11.2. The molecule has 0 aliphatic carbocycles. The first-order chi connectivity index (χ1) is 8.79. The number of imidazole rings is 1. The third kappa shape index (κ3) is 2.68. The minimum absolute atomic E-state index is 0.0645. The number of fused-ring (bicyclic) bond motifs is 1. The standard InChI is InChI=1S/C13H18N4O2/c1-7(17-13(2,3)11(14)18)8-4-5-9-10(6-8)16-12(19)15-9/h4-7,17H,1-3H3,(H2,14,18)(H2,15,16,19). The van der Waals surface area contributed by atoms with Gasteiger partial charge < -0.3 is 15.7 Å². The molecule has 0 bridgehead atoms. The number of aromatic nitrogens is 2. The number of hydrogen-bond acceptors (Lipinski definition) is 3. The van der Waals surface area contributed by atoms with Gasteiger partial charge in [-0.05, 0) is 38.5 Å². The largest absolute Gasteiger partial charge is 0.368 e. The summed E-state index contributed by atoms with van der Waals surface area (Å²) in [5.74, 6) is -0.407. The molecule has 2 aromatic rings. The Bertz CT molecular complexity index is 669. The van der Waals surface area contributed by atoms with E-state index in [0.29, 0.717) is 0 Å². The van der Waals surface area contributed by atoms with Crippen molar-refractivity contribution in [2.24, 2.45) is 5.73 Å². The Hall–Kier alpha value is -2.08. The van der Waals surface area contributed by atoms with Crippen LogP contribution in [0.1, 0.15) is 32.4 Å². The Morgan fingerprint density at radius 2 is 1.95 bits per heavy atom. The molecule has 0 aliphatic rings. The predicted molar refractivity (Wildman–Crippen MR) is 73.7 cm³/mol. The maximum absolute atomic E-state index is 11.3. The molecule has 102 valence electrons. The van der Waals surface area contributed by atoms with Crippen molar-refractivity contribution in [2.75, 3.05) is 0 Å². The Morgan fingerprint density at radius 1 is 1.32 bits per heavy atom. The molecule has 1 heterocycles. The number of primary amides is 1. The van der Waals surface area contributed by atoms with Crippen molar-refractivity contribution in [1.29, 1.82) is 0 Å². The third-order valence-electron chi connectivity index (χ3n) is 3.23. The summed E-state index contributed by atoms with van der Waals surface area (Å²) in [6.45, 7) is 5.42. The highest BCUT2D eigenvalue weighted by Crippen LogP contribution is 2.19. The van der Waals surface area contributed by atoms with Gasteiger partial charge in [0.15, 0.2) is 0 Å². The van der Waals surface area contributed by atoms with Crippen molar-refractivity contribution < 1.29 is 4.79 Å². The lowest BCUT2D eigenvalue weighted by Crippen LogP contribution is -2.51. The molecule has 19 heavy (non-hydrogen) atoms. The van der Waals surface area contributed by atoms with Crippen LogP contribution in [0.25, 0.3) is 11.0 Å². The molecule has 1 aromatic heterocycles. The van der Waals surface area contributed by atoms with Crippen LogP contribution in [-0.2, 0) is 4.79 Å². The number of benzene rings is 1. The Balaban J connectivity index is 2.28. The van der Waals surface area contributed by atoms with Gasteiger partial charge in [-0.3, -0.25) is 10.1 Å². The molecular formula is C13H18N4O2. The minimum Gasteiger partial charge on any atom is -0.368 e. The maximum Gasteiger partial charge on any atom is 0.323 e. The molecule has 1 aromatic carbocycles. The van der Waals surface area contributed by atoms with Crippen molar-refractivity contribution in [1.82, 2.24) is 15.3 Å². The van der Waals surface area contributed by atoms with Gasteiger partial charge in [0.1, 0.15) is 0 Å². The van der Waals surface area contributed by atoms with Crippen LogP contribution in [-0.4, -0.2) is 21.4 Å².